The van der Waals surface area contributed by atoms with Crippen LogP contribution in [0.1, 0.15) is 35.2 Å². The summed E-state index contributed by atoms with van der Waals surface area (Å²) in [6, 6.07) is 14.9. The summed E-state index contributed by atoms with van der Waals surface area (Å²) in [6.07, 6.45) is 3.35. The van der Waals surface area contributed by atoms with Crippen molar-refractivity contribution in [2.45, 2.75) is 30.7 Å². The van der Waals surface area contributed by atoms with Crippen LogP contribution in [0.15, 0.2) is 53.4 Å². The van der Waals surface area contributed by atoms with Gasteiger partial charge in [-0.3, -0.25) is 9.69 Å². The van der Waals surface area contributed by atoms with Gasteiger partial charge in [0.05, 0.1) is 7.11 Å². The maximum Gasteiger partial charge on any atom is 0.251 e. The van der Waals surface area contributed by atoms with Crippen molar-refractivity contribution in [3.63, 3.8) is 0 Å². The number of rotatable bonds is 8. The molecule has 1 aliphatic heterocycles. The van der Waals surface area contributed by atoms with Gasteiger partial charge in [0, 0.05) is 25.2 Å². The molecule has 0 radical (unpaired) electrons. The van der Waals surface area contributed by atoms with Crippen LogP contribution >= 0.6 is 0 Å². The van der Waals surface area contributed by atoms with Crippen molar-refractivity contribution in [3.05, 3.63) is 59.7 Å². The summed E-state index contributed by atoms with van der Waals surface area (Å²) in [4.78, 5) is 15.1. The number of nitrogens with zero attached hydrogens (tertiary/aromatic N) is 1. The van der Waals surface area contributed by atoms with Gasteiger partial charge < -0.3 is 10.1 Å². The van der Waals surface area contributed by atoms with Gasteiger partial charge >= 0.3 is 0 Å². The highest BCUT2D eigenvalue weighted by molar-refractivity contribution is 7.89. The fourth-order valence-electron chi connectivity index (χ4n) is 3.94. The number of nitrogens with one attached hydrogen (secondary N) is 2. The van der Waals surface area contributed by atoms with Crippen LogP contribution in [0.5, 0.6) is 5.75 Å². The second-order valence-corrected chi connectivity index (χ2v) is 9.72. The van der Waals surface area contributed by atoms with Gasteiger partial charge in [0.2, 0.25) is 10.0 Å². The lowest BCUT2D eigenvalue weighted by molar-refractivity contribution is 0.0942. The number of carbonyl (C=O) groups is 1. The highest BCUT2D eigenvalue weighted by Gasteiger charge is 2.22. The van der Waals surface area contributed by atoms with Gasteiger partial charge in [0.1, 0.15) is 10.6 Å². The second kappa shape index (κ2) is 10.7. The molecule has 31 heavy (non-hydrogen) atoms. The maximum atomic E-state index is 12.7. The normalized spacial score (nSPS) is 17.7. The van der Waals surface area contributed by atoms with Gasteiger partial charge in [-0.15, -0.1) is 0 Å². The molecule has 3 rings (SSSR count). The highest BCUT2D eigenvalue weighted by Crippen LogP contribution is 2.25. The first-order valence-electron chi connectivity index (χ1n) is 10.6. The van der Waals surface area contributed by atoms with Gasteiger partial charge in [0.15, 0.2) is 0 Å². The quantitative estimate of drug-likeness (QED) is 0.652. The number of amides is 1. The van der Waals surface area contributed by atoms with Crippen LogP contribution in [-0.4, -0.2) is 53.0 Å². The Kier molecular flexibility index (Phi) is 8.06. The van der Waals surface area contributed by atoms with E-state index in [-0.39, 0.29) is 16.6 Å². The van der Waals surface area contributed by atoms with Crippen LogP contribution in [-0.2, 0) is 16.6 Å². The average Bonchev–Trinajstić information content (AvgIpc) is 3.02. The fraction of sp³-hybridized carbons (Fsp3) is 0.435. The molecule has 168 valence electrons. The molecule has 1 unspecified atom stereocenters. The van der Waals surface area contributed by atoms with E-state index in [2.05, 4.69) is 39.2 Å². The summed E-state index contributed by atoms with van der Waals surface area (Å²) in [5.74, 6) is 0.272. The second-order valence-electron chi connectivity index (χ2n) is 7.87. The number of carbonyl (C=O) groups excluding carboxylic acids is 1. The summed E-state index contributed by atoms with van der Waals surface area (Å²) in [6.45, 7) is 3.46. The Balaban J connectivity index is 1.63. The van der Waals surface area contributed by atoms with Gasteiger partial charge in [-0.2, -0.15) is 0 Å². The summed E-state index contributed by atoms with van der Waals surface area (Å²) >= 11 is 0. The third-order valence-electron chi connectivity index (χ3n) is 5.64. The Morgan fingerprint density at radius 3 is 2.65 bits per heavy atom. The third kappa shape index (κ3) is 6.29. The van der Waals surface area contributed by atoms with E-state index in [0.29, 0.717) is 18.0 Å². The molecule has 7 nitrogen and oxygen atoms in total. The molecule has 2 aromatic rings. The predicted octanol–water partition coefficient (Wildman–Crippen LogP) is 2.64. The van der Waals surface area contributed by atoms with Gasteiger partial charge in [0.25, 0.3) is 5.91 Å². The zero-order valence-corrected chi connectivity index (χ0v) is 19.0. The minimum atomic E-state index is -3.74. The predicted molar refractivity (Wildman–Crippen MR) is 121 cm³/mol. The van der Waals surface area contributed by atoms with Crippen LogP contribution in [0.25, 0.3) is 0 Å². The Bertz CT molecular complexity index is 980. The van der Waals surface area contributed by atoms with Crippen LogP contribution in [0.3, 0.4) is 0 Å². The molecule has 0 aromatic heterocycles. The topological polar surface area (TPSA) is 87.7 Å². The van der Waals surface area contributed by atoms with Crippen molar-refractivity contribution in [1.82, 2.24) is 14.9 Å². The molecule has 0 aliphatic carbocycles. The number of sulfonamides is 1. The maximum absolute atomic E-state index is 12.7. The lowest BCUT2D eigenvalue weighted by Crippen LogP contribution is -2.35. The average molecular weight is 446 g/mol. The molecule has 1 aliphatic rings. The molecule has 2 N–H and O–H groups in total. The highest BCUT2D eigenvalue weighted by atomic mass is 32.2. The van der Waals surface area contributed by atoms with E-state index in [9.17, 15) is 13.2 Å². The standard InChI is InChI=1S/C23H31N3O4S/c1-24-31(28,29)22-14-20(11-12-21(22)30-2)23(27)25-15-19-10-6-7-13-26(17-19)16-18-8-4-3-5-9-18/h3-5,8-9,11-12,14,19,24H,6-7,10,13,15-17H2,1-2H3,(H,25,27). The molecular formula is C23H31N3O4S. The zero-order valence-electron chi connectivity index (χ0n) is 18.1. The Labute approximate surface area is 184 Å². The molecular weight excluding hydrogens is 414 g/mol. The third-order valence-corrected chi connectivity index (χ3v) is 7.07. The minimum absolute atomic E-state index is 0.0475. The van der Waals surface area contributed by atoms with Crippen LogP contribution in [0.2, 0.25) is 0 Å². The summed E-state index contributed by atoms with van der Waals surface area (Å²) < 4.78 is 31.9. The smallest absolute Gasteiger partial charge is 0.251 e. The lowest BCUT2D eigenvalue weighted by atomic mass is 10.0. The van der Waals surface area contributed by atoms with Crippen molar-refractivity contribution < 1.29 is 17.9 Å². The summed E-state index contributed by atoms with van der Waals surface area (Å²) in [5.41, 5.74) is 1.59. The van der Waals surface area contributed by atoms with Crippen molar-refractivity contribution in [2.75, 3.05) is 33.8 Å². The molecule has 1 fully saturated rings. The lowest BCUT2D eigenvalue weighted by Gasteiger charge is -2.24. The first kappa shape index (κ1) is 23.2. The number of hydrogen-bond donors (Lipinski definition) is 2. The van der Waals surface area contributed by atoms with E-state index >= 15 is 0 Å². The number of likely N-dealkylation sites (tertiary alicyclic amines) is 1. The van der Waals surface area contributed by atoms with Crippen LogP contribution in [0.4, 0.5) is 0 Å². The molecule has 1 amide bonds. The first-order chi connectivity index (χ1) is 14.9. The van der Waals surface area contributed by atoms with E-state index in [0.717, 1.165) is 38.9 Å². The molecule has 1 saturated heterocycles. The monoisotopic (exact) mass is 445 g/mol. The Morgan fingerprint density at radius 2 is 1.94 bits per heavy atom. The molecule has 1 heterocycles. The largest absolute Gasteiger partial charge is 0.495 e. The van der Waals surface area contributed by atoms with E-state index in [1.54, 1.807) is 6.07 Å². The minimum Gasteiger partial charge on any atom is -0.495 e. The fourth-order valence-corrected chi connectivity index (χ4v) is 4.86. The molecule has 8 heteroatoms. The van der Waals surface area contributed by atoms with E-state index in [4.69, 9.17) is 4.74 Å². The van der Waals surface area contributed by atoms with Crippen molar-refractivity contribution in [1.29, 1.82) is 0 Å². The van der Waals surface area contributed by atoms with Gasteiger partial charge in [-0.1, -0.05) is 36.8 Å². The van der Waals surface area contributed by atoms with Crippen LogP contribution in [0, 0.1) is 5.92 Å². The zero-order chi connectivity index (χ0) is 22.3. The van der Waals surface area contributed by atoms with E-state index < -0.39 is 10.0 Å². The molecule has 0 spiro atoms. The Morgan fingerprint density at radius 1 is 1.16 bits per heavy atom. The summed E-state index contributed by atoms with van der Waals surface area (Å²) in [5, 5.41) is 2.99. The van der Waals surface area contributed by atoms with Gasteiger partial charge in [-0.25, -0.2) is 13.1 Å². The van der Waals surface area contributed by atoms with E-state index in [1.807, 2.05) is 6.07 Å². The van der Waals surface area contributed by atoms with Gasteiger partial charge in [-0.05, 0) is 56.1 Å². The van der Waals surface area contributed by atoms with Crippen molar-refractivity contribution in [2.24, 2.45) is 5.92 Å². The first-order valence-corrected chi connectivity index (χ1v) is 12.1. The van der Waals surface area contributed by atoms with E-state index in [1.165, 1.54) is 31.9 Å². The molecule has 0 saturated carbocycles. The molecule has 1 atom stereocenters. The number of benzene rings is 2. The molecule has 0 bridgehead atoms. The van der Waals surface area contributed by atoms with Crippen molar-refractivity contribution in [3.8, 4) is 5.75 Å². The SMILES string of the molecule is CNS(=O)(=O)c1cc(C(=O)NCC2CCCCN(Cc3ccccc3)C2)ccc1OC. The number of ether oxygens (including phenoxy) is 1. The van der Waals surface area contributed by atoms with Crippen LogP contribution < -0.4 is 14.8 Å². The summed E-state index contributed by atoms with van der Waals surface area (Å²) in [7, 11) is -1.01. The molecule has 2 aromatic carbocycles. The van der Waals surface area contributed by atoms with Crippen molar-refractivity contribution >= 4 is 15.9 Å². The Hall–Kier alpha value is -2.42. The number of hydrogen-bond acceptors (Lipinski definition) is 5. The number of methoxy groups -OCH3 is 1.